The van der Waals surface area contributed by atoms with Crippen molar-refractivity contribution >= 4 is 28.4 Å². The van der Waals surface area contributed by atoms with Gasteiger partial charge in [-0.2, -0.15) is 0 Å². The van der Waals surface area contributed by atoms with Crippen molar-refractivity contribution in [3.05, 3.63) is 66.4 Å². The third-order valence-electron chi connectivity index (χ3n) is 3.97. The lowest BCUT2D eigenvalue weighted by molar-refractivity contribution is -0.136. The van der Waals surface area contributed by atoms with Crippen molar-refractivity contribution in [3.8, 4) is 5.75 Å². The molecule has 6 nitrogen and oxygen atoms in total. The smallest absolute Gasteiger partial charge is 0.313 e. The summed E-state index contributed by atoms with van der Waals surface area (Å²) in [5, 5.41) is 6.05. The molecule has 0 radical (unpaired) electrons. The summed E-state index contributed by atoms with van der Waals surface area (Å²) >= 11 is 0. The normalized spacial score (nSPS) is 10.3. The summed E-state index contributed by atoms with van der Waals surface area (Å²) in [6.45, 7) is 0.337. The van der Waals surface area contributed by atoms with Crippen LogP contribution in [0.1, 0.15) is 5.56 Å². The lowest BCUT2D eigenvalue weighted by atomic mass is 10.1. The van der Waals surface area contributed by atoms with Crippen LogP contribution in [0.3, 0.4) is 0 Å². The Balaban J connectivity index is 1.59. The topological polar surface area (TPSA) is 80.3 Å². The van der Waals surface area contributed by atoms with Crippen molar-refractivity contribution in [2.24, 2.45) is 0 Å². The number of hydrogen-bond acceptors (Lipinski definition) is 4. The Hall–Kier alpha value is -3.41. The molecule has 3 aromatic rings. The summed E-state index contributed by atoms with van der Waals surface area (Å²) in [6, 6.07) is 16.6. The highest BCUT2D eigenvalue weighted by atomic mass is 16.5. The average Bonchev–Trinajstić information content (AvgIpc) is 2.68. The van der Waals surface area contributed by atoms with Gasteiger partial charge in [0.15, 0.2) is 0 Å². The number of pyridine rings is 1. The van der Waals surface area contributed by atoms with Gasteiger partial charge in [0, 0.05) is 18.1 Å². The van der Waals surface area contributed by atoms with Crippen molar-refractivity contribution in [1.29, 1.82) is 0 Å². The van der Waals surface area contributed by atoms with Gasteiger partial charge in [-0.05, 0) is 42.3 Å². The summed E-state index contributed by atoms with van der Waals surface area (Å²) in [4.78, 5) is 28.4. The molecule has 0 saturated carbocycles. The van der Waals surface area contributed by atoms with Crippen molar-refractivity contribution < 1.29 is 14.3 Å². The molecule has 0 bridgehead atoms. The van der Waals surface area contributed by atoms with E-state index < -0.39 is 11.8 Å². The third kappa shape index (κ3) is 3.97. The molecule has 6 heteroatoms. The number of fused-ring (bicyclic) bond motifs is 1. The molecule has 2 N–H and O–H groups in total. The van der Waals surface area contributed by atoms with E-state index in [2.05, 4.69) is 15.6 Å². The minimum absolute atomic E-state index is 0.337. The highest BCUT2D eigenvalue weighted by molar-refractivity contribution is 6.40. The molecule has 0 aliphatic carbocycles. The third-order valence-corrected chi connectivity index (χ3v) is 3.97. The number of rotatable bonds is 5. The molecule has 1 heterocycles. The maximum atomic E-state index is 12.2. The molecule has 132 valence electrons. The Morgan fingerprint density at radius 3 is 2.69 bits per heavy atom. The SMILES string of the molecule is COc1ccccc1CCNC(=O)C(=O)Nc1cccc2ncccc12. The van der Waals surface area contributed by atoms with Gasteiger partial charge in [0.05, 0.1) is 18.3 Å². The van der Waals surface area contributed by atoms with E-state index in [1.54, 1.807) is 31.5 Å². The summed E-state index contributed by atoms with van der Waals surface area (Å²) in [7, 11) is 1.60. The number of para-hydroxylation sites is 1. The first kappa shape index (κ1) is 17.4. The number of nitrogens with zero attached hydrogens (tertiary/aromatic N) is 1. The second-order valence-corrected chi connectivity index (χ2v) is 5.65. The lowest BCUT2D eigenvalue weighted by Crippen LogP contribution is -2.36. The zero-order chi connectivity index (χ0) is 18.4. The largest absolute Gasteiger partial charge is 0.496 e. The van der Waals surface area contributed by atoms with E-state index in [4.69, 9.17) is 4.74 Å². The molecular formula is C20H19N3O3. The molecule has 0 fully saturated rings. The van der Waals surface area contributed by atoms with Crippen LogP contribution in [0.25, 0.3) is 10.9 Å². The number of carbonyl (C=O) groups excluding carboxylic acids is 2. The van der Waals surface area contributed by atoms with Gasteiger partial charge >= 0.3 is 11.8 Å². The van der Waals surface area contributed by atoms with Gasteiger partial charge < -0.3 is 15.4 Å². The van der Waals surface area contributed by atoms with Crippen molar-refractivity contribution in [2.75, 3.05) is 19.0 Å². The predicted octanol–water partition coefficient (Wildman–Crippen LogP) is 2.54. The molecule has 2 aromatic carbocycles. The van der Waals surface area contributed by atoms with Gasteiger partial charge in [-0.15, -0.1) is 0 Å². The van der Waals surface area contributed by atoms with Gasteiger partial charge in [-0.1, -0.05) is 24.3 Å². The number of ether oxygens (including phenoxy) is 1. The van der Waals surface area contributed by atoms with Gasteiger partial charge in [0.1, 0.15) is 5.75 Å². The Morgan fingerprint density at radius 2 is 1.85 bits per heavy atom. The summed E-state index contributed by atoms with van der Waals surface area (Å²) in [5.41, 5.74) is 2.28. The fraction of sp³-hybridized carbons (Fsp3) is 0.150. The molecule has 0 unspecified atom stereocenters. The van der Waals surface area contributed by atoms with E-state index >= 15 is 0 Å². The first-order chi connectivity index (χ1) is 12.7. The zero-order valence-corrected chi connectivity index (χ0v) is 14.4. The molecule has 26 heavy (non-hydrogen) atoms. The number of hydrogen-bond donors (Lipinski definition) is 2. The highest BCUT2D eigenvalue weighted by Gasteiger charge is 2.14. The van der Waals surface area contributed by atoms with Gasteiger partial charge in [-0.3, -0.25) is 14.6 Å². The van der Waals surface area contributed by atoms with Crippen molar-refractivity contribution in [2.45, 2.75) is 6.42 Å². The second-order valence-electron chi connectivity index (χ2n) is 5.65. The quantitative estimate of drug-likeness (QED) is 0.694. The van der Waals surface area contributed by atoms with Crippen LogP contribution in [-0.2, 0) is 16.0 Å². The second kappa shape index (κ2) is 8.11. The number of anilines is 1. The van der Waals surface area contributed by atoms with Crippen LogP contribution in [0.2, 0.25) is 0 Å². The van der Waals surface area contributed by atoms with Crippen LogP contribution in [0.4, 0.5) is 5.69 Å². The van der Waals surface area contributed by atoms with Crippen molar-refractivity contribution in [1.82, 2.24) is 10.3 Å². The minimum atomic E-state index is -0.707. The highest BCUT2D eigenvalue weighted by Crippen LogP contribution is 2.21. The molecule has 0 spiro atoms. The van der Waals surface area contributed by atoms with E-state index in [1.807, 2.05) is 36.4 Å². The van der Waals surface area contributed by atoms with Gasteiger partial charge in [0.2, 0.25) is 0 Å². The molecule has 3 rings (SSSR count). The van der Waals surface area contributed by atoms with E-state index in [1.165, 1.54) is 0 Å². The summed E-state index contributed by atoms with van der Waals surface area (Å²) in [5.74, 6) is -0.628. The van der Waals surface area contributed by atoms with Gasteiger partial charge in [-0.25, -0.2) is 0 Å². The van der Waals surface area contributed by atoms with E-state index in [-0.39, 0.29) is 0 Å². The Kier molecular flexibility index (Phi) is 5.43. The molecule has 0 aliphatic heterocycles. The maximum absolute atomic E-state index is 12.2. The van der Waals surface area contributed by atoms with Crippen LogP contribution >= 0.6 is 0 Å². The molecule has 1 aromatic heterocycles. The Labute approximate surface area is 151 Å². The number of nitrogens with one attached hydrogen (secondary N) is 2. The fourth-order valence-electron chi connectivity index (χ4n) is 2.69. The molecular weight excluding hydrogens is 330 g/mol. The standard InChI is InChI=1S/C20H19N3O3/c1-26-18-10-3-2-6-14(18)11-13-22-19(24)20(25)23-17-9-4-8-16-15(17)7-5-12-21-16/h2-10,12H,11,13H2,1H3,(H,22,24)(H,23,25). The first-order valence-corrected chi connectivity index (χ1v) is 8.24. The van der Waals surface area contributed by atoms with E-state index in [0.717, 1.165) is 22.2 Å². The monoisotopic (exact) mass is 349 g/mol. The predicted molar refractivity (Wildman–Crippen MR) is 100 cm³/mol. The van der Waals surface area contributed by atoms with Crippen molar-refractivity contribution in [3.63, 3.8) is 0 Å². The average molecular weight is 349 g/mol. The van der Waals surface area contributed by atoms with Crippen LogP contribution in [-0.4, -0.2) is 30.5 Å². The Morgan fingerprint density at radius 1 is 1.00 bits per heavy atom. The summed E-state index contributed by atoms with van der Waals surface area (Å²) < 4.78 is 5.27. The maximum Gasteiger partial charge on any atom is 0.313 e. The molecule has 2 amide bonds. The van der Waals surface area contributed by atoms with Crippen LogP contribution in [0.5, 0.6) is 5.75 Å². The number of amides is 2. The number of methoxy groups -OCH3 is 1. The zero-order valence-electron chi connectivity index (χ0n) is 14.4. The summed E-state index contributed by atoms with van der Waals surface area (Å²) in [6.07, 6.45) is 2.25. The van der Waals surface area contributed by atoms with E-state index in [9.17, 15) is 9.59 Å². The van der Waals surface area contributed by atoms with Crippen LogP contribution in [0.15, 0.2) is 60.8 Å². The fourth-order valence-corrected chi connectivity index (χ4v) is 2.69. The minimum Gasteiger partial charge on any atom is -0.496 e. The number of aromatic nitrogens is 1. The van der Waals surface area contributed by atoms with E-state index in [0.29, 0.717) is 18.7 Å². The van der Waals surface area contributed by atoms with Crippen LogP contribution in [0, 0.1) is 0 Å². The lowest BCUT2D eigenvalue weighted by Gasteiger charge is -2.10. The molecule has 0 saturated heterocycles. The van der Waals surface area contributed by atoms with Crippen LogP contribution < -0.4 is 15.4 Å². The number of carbonyl (C=O) groups is 2. The Bertz CT molecular complexity index is 935. The number of benzene rings is 2. The first-order valence-electron chi connectivity index (χ1n) is 8.24. The van der Waals surface area contributed by atoms with Gasteiger partial charge in [0.25, 0.3) is 0 Å². The molecule has 0 atom stereocenters. The molecule has 0 aliphatic rings.